The fourth-order valence-corrected chi connectivity index (χ4v) is 3.05. The molecule has 0 saturated carbocycles. The molecule has 2 aromatic carbocycles. The number of hydrogen-bond donors (Lipinski definition) is 2. The molecule has 29 heavy (non-hydrogen) atoms. The number of benzene rings is 2. The first kappa shape index (κ1) is 18.4. The highest BCUT2D eigenvalue weighted by atomic mass is 16.3. The van der Waals surface area contributed by atoms with E-state index in [-0.39, 0.29) is 23.1 Å². The van der Waals surface area contributed by atoms with Gasteiger partial charge in [0.25, 0.3) is 11.5 Å². The molecule has 0 fully saturated rings. The number of para-hydroxylation sites is 1. The summed E-state index contributed by atoms with van der Waals surface area (Å²) in [4.78, 5) is 37.6. The number of carbonyl (C=O) groups is 2. The summed E-state index contributed by atoms with van der Waals surface area (Å²) in [6.07, 6.45) is 0. The first-order chi connectivity index (χ1) is 14.0. The molecule has 8 nitrogen and oxygen atoms in total. The van der Waals surface area contributed by atoms with E-state index in [1.54, 1.807) is 56.3 Å². The number of nitrogens with zero attached hydrogens (tertiary/aromatic N) is 2. The maximum atomic E-state index is 12.7. The molecule has 2 N–H and O–H groups in total. The average Bonchev–Trinajstić information content (AvgIpc) is 3.16. The van der Waals surface area contributed by atoms with Crippen molar-refractivity contribution in [2.24, 2.45) is 0 Å². The highest BCUT2D eigenvalue weighted by Crippen LogP contribution is 2.18. The fourth-order valence-electron chi connectivity index (χ4n) is 3.05. The van der Waals surface area contributed by atoms with Crippen LogP contribution in [0.25, 0.3) is 21.7 Å². The maximum Gasteiger partial charge on any atom is 0.305 e. The number of hydrazine groups is 1. The highest BCUT2D eigenvalue weighted by Gasteiger charge is 2.19. The van der Waals surface area contributed by atoms with Crippen molar-refractivity contribution in [2.75, 3.05) is 0 Å². The smallest absolute Gasteiger partial charge is 0.305 e. The van der Waals surface area contributed by atoms with E-state index < -0.39 is 11.8 Å². The monoisotopic (exact) mass is 390 g/mol. The Labute approximate surface area is 165 Å². The Morgan fingerprint density at radius 2 is 1.62 bits per heavy atom. The van der Waals surface area contributed by atoms with E-state index in [0.717, 1.165) is 5.39 Å². The minimum absolute atomic E-state index is 0.0406. The van der Waals surface area contributed by atoms with Gasteiger partial charge in [-0.25, -0.2) is 4.68 Å². The number of fused-ring (bicyclic) bond motifs is 2. The Morgan fingerprint density at radius 1 is 0.966 bits per heavy atom. The number of hydrogen-bond acceptors (Lipinski definition) is 5. The highest BCUT2D eigenvalue weighted by molar-refractivity contribution is 6.06. The Kier molecular flexibility index (Phi) is 4.59. The lowest BCUT2D eigenvalue weighted by Crippen LogP contribution is -2.42. The van der Waals surface area contributed by atoms with Gasteiger partial charge >= 0.3 is 5.91 Å². The molecule has 0 aliphatic carbocycles. The van der Waals surface area contributed by atoms with Gasteiger partial charge in [0.05, 0.1) is 11.4 Å². The van der Waals surface area contributed by atoms with Crippen LogP contribution in [0.2, 0.25) is 0 Å². The van der Waals surface area contributed by atoms with Crippen molar-refractivity contribution in [3.8, 4) is 0 Å². The minimum atomic E-state index is -0.639. The third kappa shape index (κ3) is 3.36. The maximum absolute atomic E-state index is 12.7. The molecular weight excluding hydrogens is 372 g/mol. The Hall–Kier alpha value is -3.94. The first-order valence-electron chi connectivity index (χ1n) is 9.06. The molecule has 0 bridgehead atoms. The lowest BCUT2D eigenvalue weighted by molar-refractivity contribution is 0.0829. The van der Waals surface area contributed by atoms with Crippen molar-refractivity contribution in [3.63, 3.8) is 0 Å². The number of aromatic nitrogens is 2. The zero-order valence-corrected chi connectivity index (χ0v) is 15.8. The number of furan rings is 1. The summed E-state index contributed by atoms with van der Waals surface area (Å²) in [5, 5.41) is 5.77. The molecule has 0 spiro atoms. The molecule has 0 aliphatic heterocycles. The molecule has 8 heteroatoms. The second-order valence-corrected chi connectivity index (χ2v) is 6.79. The van der Waals surface area contributed by atoms with Crippen LogP contribution >= 0.6 is 0 Å². The average molecular weight is 390 g/mol. The van der Waals surface area contributed by atoms with E-state index in [1.807, 2.05) is 12.1 Å². The first-order valence-corrected chi connectivity index (χ1v) is 9.06. The summed E-state index contributed by atoms with van der Waals surface area (Å²) in [5.41, 5.74) is 5.00. The van der Waals surface area contributed by atoms with Crippen LogP contribution < -0.4 is 16.4 Å². The molecule has 2 heterocycles. The van der Waals surface area contributed by atoms with Gasteiger partial charge < -0.3 is 4.42 Å². The summed E-state index contributed by atoms with van der Waals surface area (Å²) >= 11 is 0. The van der Waals surface area contributed by atoms with Crippen LogP contribution in [0, 0.1) is 0 Å². The van der Waals surface area contributed by atoms with E-state index in [1.165, 1.54) is 4.68 Å². The van der Waals surface area contributed by atoms with Crippen LogP contribution in [0.5, 0.6) is 0 Å². The molecule has 2 aromatic heterocycles. The summed E-state index contributed by atoms with van der Waals surface area (Å²) in [6, 6.07) is 15.3. The largest absolute Gasteiger partial charge is 0.451 e. The van der Waals surface area contributed by atoms with E-state index in [9.17, 15) is 14.4 Å². The lowest BCUT2D eigenvalue weighted by Gasteiger charge is -2.13. The molecule has 0 aliphatic rings. The third-order valence-corrected chi connectivity index (χ3v) is 4.47. The van der Waals surface area contributed by atoms with Gasteiger partial charge in [-0.05, 0) is 32.0 Å². The van der Waals surface area contributed by atoms with Crippen molar-refractivity contribution in [2.45, 2.75) is 19.9 Å². The normalized spacial score (nSPS) is 11.1. The van der Waals surface area contributed by atoms with Crippen LogP contribution in [0.15, 0.2) is 63.8 Å². The molecule has 0 saturated heterocycles. The molecular formula is C21H18N4O4. The van der Waals surface area contributed by atoms with Crippen LogP contribution in [0.1, 0.15) is 40.9 Å². The van der Waals surface area contributed by atoms with Crippen LogP contribution in [-0.4, -0.2) is 21.6 Å². The van der Waals surface area contributed by atoms with Gasteiger partial charge in [-0.1, -0.05) is 36.4 Å². The molecule has 146 valence electrons. The minimum Gasteiger partial charge on any atom is -0.451 e. The van der Waals surface area contributed by atoms with E-state index >= 15 is 0 Å². The van der Waals surface area contributed by atoms with Gasteiger partial charge in [0.2, 0.25) is 0 Å². The fraction of sp³-hybridized carbons (Fsp3) is 0.143. The summed E-state index contributed by atoms with van der Waals surface area (Å²) < 4.78 is 6.73. The summed E-state index contributed by atoms with van der Waals surface area (Å²) in [6.45, 7) is 3.60. The predicted molar refractivity (Wildman–Crippen MR) is 108 cm³/mol. The zero-order valence-electron chi connectivity index (χ0n) is 15.8. The Balaban J connectivity index is 1.61. The summed E-state index contributed by atoms with van der Waals surface area (Å²) in [5.74, 6) is -1.17. The Morgan fingerprint density at radius 3 is 2.34 bits per heavy atom. The second-order valence-electron chi connectivity index (χ2n) is 6.79. The topological polar surface area (TPSA) is 106 Å². The van der Waals surface area contributed by atoms with Gasteiger partial charge in [-0.15, -0.1) is 0 Å². The van der Waals surface area contributed by atoms with Crippen molar-refractivity contribution >= 4 is 33.6 Å². The number of nitrogens with one attached hydrogen (secondary N) is 2. The SMILES string of the molecule is CC(C)n1nc(C(=O)NNC(=O)c2cc3ccccc3o2)c2ccccc2c1=O. The van der Waals surface area contributed by atoms with E-state index in [0.29, 0.717) is 16.4 Å². The number of rotatable bonds is 3. The van der Waals surface area contributed by atoms with E-state index in [2.05, 4.69) is 16.0 Å². The zero-order chi connectivity index (χ0) is 20.5. The predicted octanol–water partition coefficient (Wildman–Crippen LogP) is 2.80. The molecule has 2 amide bonds. The van der Waals surface area contributed by atoms with Crippen molar-refractivity contribution in [1.82, 2.24) is 20.6 Å². The third-order valence-electron chi connectivity index (χ3n) is 4.47. The molecule has 0 radical (unpaired) electrons. The lowest BCUT2D eigenvalue weighted by atomic mass is 10.1. The number of carbonyl (C=O) groups excluding carboxylic acids is 2. The summed E-state index contributed by atoms with van der Waals surface area (Å²) in [7, 11) is 0. The molecule has 4 rings (SSSR count). The van der Waals surface area contributed by atoms with Gasteiger partial charge in [-0.3, -0.25) is 25.2 Å². The Bertz CT molecular complexity index is 1270. The molecule has 0 atom stereocenters. The second kappa shape index (κ2) is 7.23. The standard InChI is InChI=1S/C21H18N4O4/c1-12(2)25-21(28)15-9-5-4-8-14(15)18(24-25)20(27)23-22-19(26)17-11-13-7-3-6-10-16(13)29-17/h3-12H,1-2H3,(H,22,26)(H,23,27). The van der Waals surface area contributed by atoms with Gasteiger partial charge in [0.15, 0.2) is 11.5 Å². The van der Waals surface area contributed by atoms with Gasteiger partial charge in [-0.2, -0.15) is 5.10 Å². The van der Waals surface area contributed by atoms with Crippen LogP contribution in [-0.2, 0) is 0 Å². The van der Waals surface area contributed by atoms with Crippen molar-refractivity contribution < 1.29 is 14.0 Å². The van der Waals surface area contributed by atoms with E-state index in [4.69, 9.17) is 4.42 Å². The van der Waals surface area contributed by atoms with Gasteiger partial charge in [0.1, 0.15) is 5.58 Å². The molecule has 0 unspecified atom stereocenters. The van der Waals surface area contributed by atoms with Crippen LogP contribution in [0.4, 0.5) is 0 Å². The van der Waals surface area contributed by atoms with Crippen molar-refractivity contribution in [3.05, 3.63) is 76.4 Å². The molecule has 4 aromatic rings. The van der Waals surface area contributed by atoms with Crippen molar-refractivity contribution in [1.29, 1.82) is 0 Å². The number of amides is 2. The van der Waals surface area contributed by atoms with Gasteiger partial charge in [0, 0.05) is 10.8 Å². The quantitative estimate of drug-likeness (QED) is 0.523. The van der Waals surface area contributed by atoms with Crippen LogP contribution in [0.3, 0.4) is 0 Å².